The third-order valence-electron chi connectivity index (χ3n) is 6.44. The molecule has 0 amide bonds. The maximum atomic E-state index is 13.8. The highest BCUT2D eigenvalue weighted by molar-refractivity contribution is 7.89. The fraction of sp³-hybridized carbons (Fsp3) is 0.154. The summed E-state index contributed by atoms with van der Waals surface area (Å²) in [6.07, 6.45) is 1.61. The Morgan fingerprint density at radius 1 is 0.806 bits per heavy atom. The summed E-state index contributed by atoms with van der Waals surface area (Å²) < 4.78 is 29.1. The van der Waals surface area contributed by atoms with Crippen molar-refractivity contribution in [1.29, 1.82) is 0 Å². The van der Waals surface area contributed by atoms with E-state index in [0.717, 1.165) is 29.4 Å². The van der Waals surface area contributed by atoms with Gasteiger partial charge in [-0.2, -0.15) is 4.31 Å². The molecular weight excluding hydrogens is 404 g/mol. The van der Waals surface area contributed by atoms with E-state index < -0.39 is 16.2 Å². The first-order chi connectivity index (χ1) is 15.1. The zero-order chi connectivity index (χ0) is 21.0. The molecule has 2 aliphatic rings. The molecule has 1 aliphatic carbocycles. The zero-order valence-corrected chi connectivity index (χ0v) is 17.8. The van der Waals surface area contributed by atoms with Crippen molar-refractivity contribution in [2.75, 3.05) is 5.32 Å². The molecule has 5 heteroatoms. The molecule has 6 rings (SSSR count). The van der Waals surface area contributed by atoms with Gasteiger partial charge in [0.2, 0.25) is 10.0 Å². The smallest absolute Gasteiger partial charge is 0.247 e. The van der Waals surface area contributed by atoms with Crippen LogP contribution < -0.4 is 5.32 Å². The van der Waals surface area contributed by atoms with Gasteiger partial charge in [-0.05, 0) is 58.0 Å². The molecule has 0 fully saturated rings. The first-order valence-electron chi connectivity index (χ1n) is 10.6. The highest BCUT2D eigenvalue weighted by Crippen LogP contribution is 2.42. The van der Waals surface area contributed by atoms with E-state index in [1.54, 1.807) is 16.4 Å². The van der Waals surface area contributed by atoms with Gasteiger partial charge >= 0.3 is 0 Å². The number of fused-ring (bicyclic) bond motifs is 1. The maximum Gasteiger partial charge on any atom is 0.247 e. The van der Waals surface area contributed by atoms with Crippen LogP contribution in [0.1, 0.15) is 28.4 Å². The Morgan fingerprint density at radius 3 is 2.39 bits per heavy atom. The van der Waals surface area contributed by atoms with Gasteiger partial charge in [0.05, 0.1) is 5.69 Å². The molecular formula is C26H22N2O2S. The van der Waals surface area contributed by atoms with Gasteiger partial charge in [-0.15, -0.1) is 0 Å². The van der Waals surface area contributed by atoms with Gasteiger partial charge in [0.25, 0.3) is 0 Å². The summed E-state index contributed by atoms with van der Waals surface area (Å²) in [6, 6.07) is 27.6. The van der Waals surface area contributed by atoms with Crippen molar-refractivity contribution in [2.45, 2.75) is 30.4 Å². The van der Waals surface area contributed by atoms with Gasteiger partial charge in [-0.1, -0.05) is 72.8 Å². The van der Waals surface area contributed by atoms with Gasteiger partial charge < -0.3 is 5.32 Å². The van der Waals surface area contributed by atoms with Crippen LogP contribution in [0.5, 0.6) is 0 Å². The molecule has 1 aliphatic heterocycles. The van der Waals surface area contributed by atoms with Gasteiger partial charge in [0.1, 0.15) is 11.1 Å². The molecule has 1 atom stereocenters. The molecule has 0 bridgehead atoms. The predicted octanol–water partition coefficient (Wildman–Crippen LogP) is 5.25. The Morgan fingerprint density at radius 2 is 1.55 bits per heavy atom. The van der Waals surface area contributed by atoms with Crippen LogP contribution >= 0.6 is 0 Å². The van der Waals surface area contributed by atoms with Crippen LogP contribution in [0.15, 0.2) is 89.8 Å². The SMILES string of the molecule is O=S1(=O)c2ccccc2NC(c2ccc3c4c(cccc24)CC3)N1Cc1ccccc1. The first-order valence-corrected chi connectivity index (χ1v) is 12.0. The van der Waals surface area contributed by atoms with E-state index in [1.165, 1.54) is 16.5 Å². The van der Waals surface area contributed by atoms with Crippen LogP contribution in [0, 0.1) is 0 Å². The summed E-state index contributed by atoms with van der Waals surface area (Å²) in [5.41, 5.74) is 5.31. The van der Waals surface area contributed by atoms with Crippen molar-refractivity contribution in [3.8, 4) is 0 Å². The molecule has 31 heavy (non-hydrogen) atoms. The molecule has 4 nitrogen and oxygen atoms in total. The van der Waals surface area contributed by atoms with Crippen LogP contribution in [0.2, 0.25) is 0 Å². The summed E-state index contributed by atoms with van der Waals surface area (Å²) in [6.45, 7) is 0.304. The van der Waals surface area contributed by atoms with Crippen molar-refractivity contribution in [1.82, 2.24) is 4.31 Å². The number of para-hydroxylation sites is 1. The number of hydrogen-bond donors (Lipinski definition) is 1. The van der Waals surface area contributed by atoms with E-state index in [0.29, 0.717) is 17.1 Å². The number of aryl methyl sites for hydroxylation is 2. The lowest BCUT2D eigenvalue weighted by Gasteiger charge is -2.38. The highest BCUT2D eigenvalue weighted by atomic mass is 32.2. The van der Waals surface area contributed by atoms with Crippen LogP contribution in [-0.4, -0.2) is 12.7 Å². The van der Waals surface area contributed by atoms with Crippen LogP contribution in [0.25, 0.3) is 10.8 Å². The van der Waals surface area contributed by atoms with Gasteiger partial charge in [0.15, 0.2) is 0 Å². The van der Waals surface area contributed by atoms with Gasteiger partial charge in [-0.25, -0.2) is 8.42 Å². The molecule has 1 unspecified atom stereocenters. The van der Waals surface area contributed by atoms with E-state index in [4.69, 9.17) is 0 Å². The predicted molar refractivity (Wildman–Crippen MR) is 123 cm³/mol. The molecule has 4 aromatic rings. The molecule has 0 radical (unpaired) electrons. The highest BCUT2D eigenvalue weighted by Gasteiger charge is 2.39. The van der Waals surface area contributed by atoms with Crippen molar-refractivity contribution in [2.24, 2.45) is 0 Å². The second kappa shape index (κ2) is 6.94. The Labute approximate surface area is 182 Å². The van der Waals surface area contributed by atoms with Gasteiger partial charge in [0, 0.05) is 6.54 Å². The van der Waals surface area contributed by atoms with E-state index >= 15 is 0 Å². The standard InChI is InChI=1S/C26H22N2O2S/c29-31(30)24-12-5-4-11-23(24)27-26(28(31)17-18-7-2-1-3-8-18)22-16-15-20-14-13-19-9-6-10-21(22)25(19)20/h1-12,15-16,26-27H,13-14,17H2. The second-order valence-corrected chi connectivity index (χ2v) is 10.1. The molecule has 1 N–H and O–H groups in total. The minimum absolute atomic E-state index is 0.304. The number of anilines is 1. The topological polar surface area (TPSA) is 49.4 Å². The molecule has 1 heterocycles. The number of rotatable bonds is 3. The summed E-state index contributed by atoms with van der Waals surface area (Å²) in [4.78, 5) is 0.327. The Bertz CT molecular complexity index is 1400. The van der Waals surface area contributed by atoms with E-state index in [2.05, 4.69) is 35.6 Å². The third kappa shape index (κ3) is 2.88. The Kier molecular flexibility index (Phi) is 4.16. The second-order valence-electron chi connectivity index (χ2n) is 8.23. The van der Waals surface area contributed by atoms with E-state index in [-0.39, 0.29) is 0 Å². The molecule has 0 aromatic heterocycles. The third-order valence-corrected chi connectivity index (χ3v) is 8.31. The Hall–Kier alpha value is -3.15. The zero-order valence-electron chi connectivity index (χ0n) is 17.0. The summed E-state index contributed by atoms with van der Waals surface area (Å²) in [5.74, 6) is 0. The van der Waals surface area contributed by atoms with Crippen LogP contribution in [0.3, 0.4) is 0 Å². The number of sulfonamides is 1. The van der Waals surface area contributed by atoms with Crippen molar-refractivity contribution < 1.29 is 8.42 Å². The number of nitrogens with zero attached hydrogens (tertiary/aromatic N) is 1. The number of hydrogen-bond acceptors (Lipinski definition) is 3. The van der Waals surface area contributed by atoms with Crippen molar-refractivity contribution >= 4 is 26.5 Å². The van der Waals surface area contributed by atoms with E-state index in [1.807, 2.05) is 42.5 Å². The lowest BCUT2D eigenvalue weighted by molar-refractivity contribution is 0.337. The number of nitrogens with one attached hydrogen (secondary N) is 1. The minimum Gasteiger partial charge on any atom is -0.364 e. The average Bonchev–Trinajstić information content (AvgIpc) is 3.22. The Balaban J connectivity index is 1.57. The van der Waals surface area contributed by atoms with Crippen LogP contribution in [0.4, 0.5) is 5.69 Å². The largest absolute Gasteiger partial charge is 0.364 e. The summed E-state index contributed by atoms with van der Waals surface area (Å²) in [5, 5.41) is 5.96. The quantitative estimate of drug-likeness (QED) is 0.487. The summed E-state index contributed by atoms with van der Waals surface area (Å²) in [7, 11) is -3.68. The average molecular weight is 427 g/mol. The molecule has 4 aromatic carbocycles. The van der Waals surface area contributed by atoms with Crippen LogP contribution in [-0.2, 0) is 29.4 Å². The minimum atomic E-state index is -3.68. The first kappa shape index (κ1) is 18.6. The molecule has 0 saturated heterocycles. The van der Waals surface area contributed by atoms with Crippen molar-refractivity contribution in [3.05, 3.63) is 107 Å². The molecule has 154 valence electrons. The molecule has 0 spiro atoms. The monoisotopic (exact) mass is 426 g/mol. The lowest BCUT2D eigenvalue weighted by atomic mass is 9.98. The van der Waals surface area contributed by atoms with Gasteiger partial charge in [-0.3, -0.25) is 0 Å². The number of benzene rings is 4. The molecule has 0 saturated carbocycles. The van der Waals surface area contributed by atoms with Crippen molar-refractivity contribution in [3.63, 3.8) is 0 Å². The van der Waals surface area contributed by atoms with E-state index in [9.17, 15) is 8.42 Å². The fourth-order valence-electron chi connectivity index (χ4n) is 4.98. The normalized spacial score (nSPS) is 19.2. The summed E-state index contributed by atoms with van der Waals surface area (Å²) >= 11 is 0. The fourth-order valence-corrected chi connectivity index (χ4v) is 6.65. The maximum absolute atomic E-state index is 13.8. The lowest BCUT2D eigenvalue weighted by Crippen LogP contribution is -2.42.